The van der Waals surface area contributed by atoms with Crippen LogP contribution < -0.4 is 16.0 Å². The zero-order chi connectivity index (χ0) is 16.8. The Labute approximate surface area is 143 Å². The normalized spacial score (nSPS) is 17.8. The molecule has 1 unspecified atom stereocenters. The first kappa shape index (κ1) is 17.6. The minimum absolute atomic E-state index is 0.192. The molecule has 3 amide bonds. The van der Waals surface area contributed by atoms with Gasteiger partial charge >= 0.3 is 0 Å². The van der Waals surface area contributed by atoms with Crippen molar-refractivity contribution in [2.24, 2.45) is 0 Å². The maximum absolute atomic E-state index is 12.0. The first-order chi connectivity index (χ1) is 11.0. The molecular formula is C15H17Cl2N3O3. The van der Waals surface area contributed by atoms with Gasteiger partial charge in [-0.25, -0.2) is 0 Å². The summed E-state index contributed by atoms with van der Waals surface area (Å²) < 4.78 is 0. The third-order valence-electron chi connectivity index (χ3n) is 3.46. The molecule has 1 aromatic carbocycles. The second-order valence-corrected chi connectivity index (χ2v) is 6.06. The molecule has 0 spiro atoms. The van der Waals surface area contributed by atoms with Crippen LogP contribution in [0, 0.1) is 0 Å². The second kappa shape index (κ2) is 8.17. The highest BCUT2D eigenvalue weighted by Crippen LogP contribution is 2.20. The standard InChI is InChI=1S/C15H17Cl2N3O3/c16-9-4-5-10(11(17)7-9)14(22)19-8-13(21)20-12-3-1-2-6-18-15(12)23/h4-5,7,12H,1-3,6,8H2,(H,18,23)(H,19,22)(H,20,21). The minimum Gasteiger partial charge on any atom is -0.354 e. The molecule has 0 saturated carbocycles. The van der Waals surface area contributed by atoms with Gasteiger partial charge in [-0.2, -0.15) is 0 Å². The van der Waals surface area contributed by atoms with Crippen LogP contribution in [0.25, 0.3) is 0 Å². The first-order valence-corrected chi connectivity index (χ1v) is 8.03. The van der Waals surface area contributed by atoms with E-state index < -0.39 is 17.9 Å². The Morgan fingerprint density at radius 3 is 2.78 bits per heavy atom. The number of carbonyl (C=O) groups excluding carboxylic acids is 3. The van der Waals surface area contributed by atoms with Gasteiger partial charge < -0.3 is 16.0 Å². The van der Waals surface area contributed by atoms with Crippen molar-refractivity contribution in [3.05, 3.63) is 33.8 Å². The summed E-state index contributed by atoms with van der Waals surface area (Å²) in [5.74, 6) is -1.10. The molecule has 1 fully saturated rings. The molecule has 23 heavy (non-hydrogen) atoms. The Bertz CT molecular complexity index is 622. The lowest BCUT2D eigenvalue weighted by atomic mass is 10.1. The van der Waals surface area contributed by atoms with Gasteiger partial charge in [0.05, 0.1) is 17.1 Å². The molecular weight excluding hydrogens is 341 g/mol. The zero-order valence-corrected chi connectivity index (χ0v) is 13.8. The lowest BCUT2D eigenvalue weighted by Crippen LogP contribution is -2.48. The molecule has 0 aliphatic carbocycles. The number of rotatable bonds is 4. The molecule has 6 nitrogen and oxygen atoms in total. The largest absolute Gasteiger partial charge is 0.354 e. The SMILES string of the molecule is O=C(CNC(=O)c1ccc(Cl)cc1Cl)NC1CCCCNC1=O. The molecule has 1 atom stereocenters. The molecule has 0 radical (unpaired) electrons. The number of carbonyl (C=O) groups is 3. The first-order valence-electron chi connectivity index (χ1n) is 7.27. The molecule has 8 heteroatoms. The Morgan fingerprint density at radius 2 is 2.04 bits per heavy atom. The third-order valence-corrected chi connectivity index (χ3v) is 4.00. The van der Waals surface area contributed by atoms with Crippen LogP contribution in [0.1, 0.15) is 29.6 Å². The van der Waals surface area contributed by atoms with Crippen LogP contribution in [-0.2, 0) is 9.59 Å². The van der Waals surface area contributed by atoms with E-state index >= 15 is 0 Å². The number of nitrogens with one attached hydrogen (secondary N) is 3. The monoisotopic (exact) mass is 357 g/mol. The molecule has 0 bridgehead atoms. The van der Waals surface area contributed by atoms with Crippen LogP contribution in [0.5, 0.6) is 0 Å². The smallest absolute Gasteiger partial charge is 0.253 e. The maximum atomic E-state index is 12.0. The minimum atomic E-state index is -0.555. The van der Waals surface area contributed by atoms with E-state index in [-0.39, 0.29) is 23.0 Å². The van der Waals surface area contributed by atoms with Crippen LogP contribution in [0.4, 0.5) is 0 Å². The summed E-state index contributed by atoms with van der Waals surface area (Å²) in [6, 6.07) is 3.92. The molecule has 1 aromatic rings. The second-order valence-electron chi connectivity index (χ2n) is 5.21. The number of halogens is 2. The lowest BCUT2D eigenvalue weighted by molar-refractivity contribution is -0.128. The fraction of sp³-hybridized carbons (Fsp3) is 0.400. The van der Waals surface area contributed by atoms with Gasteiger partial charge in [-0.1, -0.05) is 23.2 Å². The van der Waals surface area contributed by atoms with Gasteiger partial charge in [-0.15, -0.1) is 0 Å². The molecule has 1 heterocycles. The predicted molar refractivity (Wildman–Crippen MR) is 87.6 cm³/mol. The Kier molecular flexibility index (Phi) is 6.24. The van der Waals surface area contributed by atoms with Crippen molar-refractivity contribution in [2.75, 3.05) is 13.1 Å². The van der Waals surface area contributed by atoms with Crippen LogP contribution in [-0.4, -0.2) is 36.9 Å². The van der Waals surface area contributed by atoms with Gasteiger partial charge in [0.25, 0.3) is 5.91 Å². The van der Waals surface area contributed by atoms with Gasteiger partial charge in [0, 0.05) is 11.6 Å². The van der Waals surface area contributed by atoms with Gasteiger partial charge in [0.15, 0.2) is 0 Å². The number of amides is 3. The molecule has 1 aliphatic rings. The van der Waals surface area contributed by atoms with Crippen LogP contribution in [0.15, 0.2) is 18.2 Å². The van der Waals surface area contributed by atoms with E-state index in [9.17, 15) is 14.4 Å². The number of benzene rings is 1. The van der Waals surface area contributed by atoms with Crippen molar-refractivity contribution >= 4 is 40.9 Å². The summed E-state index contributed by atoms with van der Waals surface area (Å²) in [5.41, 5.74) is 0.232. The van der Waals surface area contributed by atoms with E-state index in [2.05, 4.69) is 16.0 Å². The van der Waals surface area contributed by atoms with Crippen molar-refractivity contribution in [3.8, 4) is 0 Å². The van der Waals surface area contributed by atoms with Crippen molar-refractivity contribution in [1.29, 1.82) is 0 Å². The summed E-state index contributed by atoms with van der Waals surface area (Å²) in [5, 5.41) is 8.45. The Morgan fingerprint density at radius 1 is 1.26 bits per heavy atom. The van der Waals surface area contributed by atoms with E-state index in [0.29, 0.717) is 18.0 Å². The summed E-state index contributed by atoms with van der Waals surface area (Å²) >= 11 is 11.7. The van der Waals surface area contributed by atoms with Crippen molar-refractivity contribution in [1.82, 2.24) is 16.0 Å². The van der Waals surface area contributed by atoms with Gasteiger partial charge in [-0.05, 0) is 37.5 Å². The highest BCUT2D eigenvalue weighted by atomic mass is 35.5. The predicted octanol–water partition coefficient (Wildman–Crippen LogP) is 1.51. The Balaban J connectivity index is 1.86. The average Bonchev–Trinajstić information content (AvgIpc) is 2.70. The summed E-state index contributed by atoms with van der Waals surface area (Å²) in [6.07, 6.45) is 2.34. The molecule has 124 valence electrons. The van der Waals surface area contributed by atoms with E-state index in [1.54, 1.807) is 0 Å². The van der Waals surface area contributed by atoms with Gasteiger partial charge in [-0.3, -0.25) is 14.4 Å². The number of hydrogen-bond acceptors (Lipinski definition) is 3. The van der Waals surface area contributed by atoms with Crippen molar-refractivity contribution < 1.29 is 14.4 Å². The summed E-state index contributed by atoms with van der Waals surface area (Å²) in [6.45, 7) is 0.387. The van der Waals surface area contributed by atoms with Gasteiger partial charge in [0.1, 0.15) is 6.04 Å². The van der Waals surface area contributed by atoms with Crippen molar-refractivity contribution in [3.63, 3.8) is 0 Å². The molecule has 0 aromatic heterocycles. The van der Waals surface area contributed by atoms with Crippen LogP contribution in [0.3, 0.4) is 0 Å². The van der Waals surface area contributed by atoms with Gasteiger partial charge in [0.2, 0.25) is 11.8 Å². The topological polar surface area (TPSA) is 87.3 Å². The van der Waals surface area contributed by atoms with Crippen LogP contribution >= 0.6 is 23.2 Å². The molecule has 1 saturated heterocycles. The number of hydrogen-bond donors (Lipinski definition) is 3. The van der Waals surface area contributed by atoms with E-state index in [1.165, 1.54) is 18.2 Å². The third kappa shape index (κ3) is 5.11. The van der Waals surface area contributed by atoms with E-state index in [1.807, 2.05) is 0 Å². The zero-order valence-electron chi connectivity index (χ0n) is 12.3. The van der Waals surface area contributed by atoms with E-state index in [0.717, 1.165) is 12.8 Å². The van der Waals surface area contributed by atoms with Crippen LogP contribution in [0.2, 0.25) is 10.0 Å². The highest BCUT2D eigenvalue weighted by molar-refractivity contribution is 6.36. The fourth-order valence-electron chi connectivity index (χ4n) is 2.25. The summed E-state index contributed by atoms with van der Waals surface area (Å²) in [7, 11) is 0. The fourth-order valence-corrected chi connectivity index (χ4v) is 2.75. The summed E-state index contributed by atoms with van der Waals surface area (Å²) in [4.78, 5) is 35.6. The molecule has 2 rings (SSSR count). The lowest BCUT2D eigenvalue weighted by Gasteiger charge is -2.15. The Hall–Kier alpha value is -1.79. The van der Waals surface area contributed by atoms with E-state index in [4.69, 9.17) is 23.2 Å². The quantitative estimate of drug-likeness (QED) is 0.763. The highest BCUT2D eigenvalue weighted by Gasteiger charge is 2.22. The van der Waals surface area contributed by atoms with Crippen molar-refractivity contribution in [2.45, 2.75) is 25.3 Å². The molecule has 3 N–H and O–H groups in total. The molecule has 1 aliphatic heterocycles. The average molecular weight is 358 g/mol. The maximum Gasteiger partial charge on any atom is 0.253 e.